The van der Waals surface area contributed by atoms with Crippen molar-refractivity contribution < 1.29 is 0 Å². The smallest absolute Gasteiger partial charge is 0.247 e. The number of aromatic nitrogens is 4. The maximum atomic E-state index is 9.73. The Morgan fingerprint density at radius 3 is 2.64 bits per heavy atom. The number of hydrogen-bond acceptors (Lipinski definition) is 9. The summed E-state index contributed by atoms with van der Waals surface area (Å²) < 4.78 is 1.47. The molecule has 0 bridgehead atoms. The Morgan fingerprint density at radius 1 is 1.14 bits per heavy atom. The second kappa shape index (κ2) is 8.51. The minimum atomic E-state index is 0.269. The molecule has 3 aromatic rings. The summed E-state index contributed by atoms with van der Waals surface area (Å²) in [5.41, 5.74) is 3.08. The van der Waals surface area contributed by atoms with Gasteiger partial charge in [-0.1, -0.05) is 25.4 Å². The van der Waals surface area contributed by atoms with Crippen LogP contribution in [0.2, 0.25) is 5.02 Å². The number of nitrogens with one attached hydrogen (secondary N) is 2. The number of nitriles is 2. The van der Waals surface area contributed by atoms with Gasteiger partial charge in [0, 0.05) is 38.3 Å². The topological polar surface area (TPSA) is 121 Å². The summed E-state index contributed by atoms with van der Waals surface area (Å²) in [7, 11) is 0. The van der Waals surface area contributed by atoms with E-state index in [1.54, 1.807) is 6.07 Å². The van der Waals surface area contributed by atoms with Crippen molar-refractivity contribution in [1.82, 2.24) is 24.5 Å². The van der Waals surface area contributed by atoms with E-state index < -0.39 is 0 Å². The first-order chi connectivity index (χ1) is 17.3. The van der Waals surface area contributed by atoms with Gasteiger partial charge in [-0.15, -0.1) is 5.10 Å². The number of fused-ring (bicyclic) bond motifs is 1. The summed E-state index contributed by atoms with van der Waals surface area (Å²) in [5.74, 6) is 0.828. The average molecular weight is 503 g/mol. The summed E-state index contributed by atoms with van der Waals surface area (Å²) in [4.78, 5) is 13.7. The lowest BCUT2D eigenvalue weighted by molar-refractivity contribution is 0.00101. The van der Waals surface area contributed by atoms with Crippen LogP contribution in [0.25, 0.3) is 5.65 Å². The molecule has 0 unspecified atom stereocenters. The average Bonchev–Trinajstić information content (AvgIpc) is 3.35. The molecule has 11 heteroatoms. The van der Waals surface area contributed by atoms with E-state index >= 15 is 0 Å². The Hall–Kier alpha value is -3.60. The van der Waals surface area contributed by atoms with Crippen molar-refractivity contribution in [3.8, 4) is 12.1 Å². The van der Waals surface area contributed by atoms with Gasteiger partial charge < -0.3 is 15.5 Å². The van der Waals surface area contributed by atoms with Crippen molar-refractivity contribution in [2.45, 2.75) is 45.2 Å². The van der Waals surface area contributed by atoms with Crippen molar-refractivity contribution in [3.63, 3.8) is 0 Å². The van der Waals surface area contributed by atoms with Crippen LogP contribution in [-0.2, 0) is 0 Å². The van der Waals surface area contributed by atoms with Gasteiger partial charge in [-0.05, 0) is 36.8 Å². The van der Waals surface area contributed by atoms with E-state index in [2.05, 4.69) is 61.5 Å². The van der Waals surface area contributed by atoms with Crippen LogP contribution in [0, 0.1) is 28.1 Å². The lowest BCUT2D eigenvalue weighted by Crippen LogP contribution is -2.57. The van der Waals surface area contributed by atoms with E-state index in [9.17, 15) is 10.5 Å². The van der Waals surface area contributed by atoms with E-state index in [-0.39, 0.29) is 5.95 Å². The molecule has 1 aliphatic carbocycles. The molecule has 0 spiro atoms. The maximum absolute atomic E-state index is 9.73. The molecule has 2 saturated heterocycles. The minimum Gasteiger partial charge on any atom is -0.369 e. The van der Waals surface area contributed by atoms with E-state index in [1.807, 2.05) is 6.07 Å². The number of nitrogens with zero attached hydrogens (tertiary/aromatic N) is 8. The normalized spacial score (nSPS) is 21.1. The molecular weight excluding hydrogens is 476 g/mol. The second-order valence-corrected chi connectivity index (χ2v) is 11.1. The zero-order valence-electron chi connectivity index (χ0n) is 20.3. The molecule has 1 saturated carbocycles. The lowest BCUT2D eigenvalue weighted by Gasteiger charge is -2.49. The fourth-order valence-electron chi connectivity index (χ4n) is 5.21. The largest absolute Gasteiger partial charge is 0.369 e. The van der Waals surface area contributed by atoms with Gasteiger partial charge >= 0.3 is 0 Å². The summed E-state index contributed by atoms with van der Waals surface area (Å²) in [5, 5.41) is 30.8. The number of rotatable bonds is 6. The number of benzene rings is 1. The molecule has 0 amide bonds. The van der Waals surface area contributed by atoms with Gasteiger partial charge in [0.1, 0.15) is 6.07 Å². The number of likely N-dealkylation sites (tertiary alicyclic amines) is 1. The predicted molar refractivity (Wildman–Crippen MR) is 138 cm³/mol. The summed E-state index contributed by atoms with van der Waals surface area (Å²) >= 11 is 6.91. The van der Waals surface area contributed by atoms with Crippen LogP contribution in [0.15, 0.2) is 18.3 Å². The number of hydrogen-bond donors (Lipinski definition) is 2. The molecule has 184 valence electrons. The second-order valence-electron chi connectivity index (χ2n) is 10.7. The molecule has 0 radical (unpaired) electrons. The predicted octanol–water partition coefficient (Wildman–Crippen LogP) is 3.76. The van der Waals surface area contributed by atoms with Gasteiger partial charge in [0.25, 0.3) is 0 Å². The van der Waals surface area contributed by atoms with Crippen molar-refractivity contribution in [1.29, 1.82) is 10.5 Å². The number of halogens is 1. The molecule has 3 fully saturated rings. The van der Waals surface area contributed by atoms with Crippen molar-refractivity contribution in [2.24, 2.45) is 5.41 Å². The van der Waals surface area contributed by atoms with E-state index in [1.165, 1.54) is 10.7 Å². The van der Waals surface area contributed by atoms with Crippen molar-refractivity contribution >= 4 is 40.4 Å². The molecule has 2 aliphatic heterocycles. The SMILES string of the molecule is CC1(C)CN([C@@H]2CCN(c3cc(C#N)cc(Nc4nc(NC5CC5)c5ncc(C#N)n5n4)c3Cl)C2)C1. The van der Waals surface area contributed by atoms with Crippen LogP contribution in [0.5, 0.6) is 0 Å². The number of imidazole rings is 1. The Bertz CT molecular complexity index is 1420. The zero-order valence-corrected chi connectivity index (χ0v) is 21.0. The third kappa shape index (κ3) is 4.17. The third-order valence-electron chi connectivity index (χ3n) is 7.11. The molecule has 1 atom stereocenters. The zero-order chi connectivity index (χ0) is 25.0. The molecule has 6 rings (SSSR count). The van der Waals surface area contributed by atoms with Crippen LogP contribution < -0.4 is 15.5 Å². The van der Waals surface area contributed by atoms with Gasteiger partial charge in [0.15, 0.2) is 17.2 Å². The van der Waals surface area contributed by atoms with Crippen LogP contribution in [0.1, 0.15) is 44.4 Å². The Morgan fingerprint density at radius 2 is 1.94 bits per heavy atom. The van der Waals surface area contributed by atoms with E-state index in [0.717, 1.165) is 51.1 Å². The summed E-state index contributed by atoms with van der Waals surface area (Å²) in [6.07, 6.45) is 4.68. The standard InChI is InChI=1S/C25H27ClN10/c1-25(2)13-35(14-25)17-5-6-34(12-17)20-8-15(9-27)7-19(21(20)26)31-24-32-22(30-16-3-4-16)23-29-11-18(10-28)36(23)33-24/h7-8,11,16-17H,3-6,12-14H2,1-2H3,(H2,30,31,32,33)/t17-/m1/s1. The molecule has 2 aromatic heterocycles. The van der Waals surface area contributed by atoms with Gasteiger partial charge in [0.2, 0.25) is 5.95 Å². The fourth-order valence-corrected chi connectivity index (χ4v) is 5.49. The summed E-state index contributed by atoms with van der Waals surface area (Å²) in [6, 6.07) is 8.76. The molecular formula is C25H27ClN10. The van der Waals surface area contributed by atoms with Crippen LogP contribution in [0.3, 0.4) is 0 Å². The lowest BCUT2D eigenvalue weighted by atomic mass is 9.83. The number of anilines is 4. The van der Waals surface area contributed by atoms with Crippen LogP contribution in [-0.4, -0.2) is 62.7 Å². The first-order valence-corrected chi connectivity index (χ1v) is 12.6. The Labute approximate surface area is 214 Å². The van der Waals surface area contributed by atoms with Crippen LogP contribution in [0.4, 0.5) is 23.1 Å². The Kier molecular flexibility index (Phi) is 5.40. The molecule has 36 heavy (non-hydrogen) atoms. The maximum Gasteiger partial charge on any atom is 0.247 e. The Balaban J connectivity index is 1.31. The van der Waals surface area contributed by atoms with Crippen molar-refractivity contribution in [2.75, 3.05) is 41.7 Å². The highest BCUT2D eigenvalue weighted by Crippen LogP contribution is 2.39. The van der Waals surface area contributed by atoms with Gasteiger partial charge in [-0.3, -0.25) is 4.90 Å². The molecule has 3 aliphatic rings. The quantitative estimate of drug-likeness (QED) is 0.518. The molecule has 2 N–H and O–H groups in total. The van der Waals surface area contributed by atoms with E-state index in [0.29, 0.717) is 50.9 Å². The van der Waals surface area contributed by atoms with Crippen LogP contribution >= 0.6 is 11.6 Å². The first-order valence-electron chi connectivity index (χ1n) is 12.3. The monoisotopic (exact) mass is 502 g/mol. The summed E-state index contributed by atoms with van der Waals surface area (Å²) in [6.45, 7) is 8.59. The van der Waals surface area contributed by atoms with E-state index in [4.69, 9.17) is 11.6 Å². The highest BCUT2D eigenvalue weighted by molar-refractivity contribution is 6.36. The van der Waals surface area contributed by atoms with Crippen molar-refractivity contribution in [3.05, 3.63) is 34.6 Å². The highest BCUT2D eigenvalue weighted by atomic mass is 35.5. The molecule has 10 nitrogen and oxygen atoms in total. The first kappa shape index (κ1) is 22.8. The molecule has 1 aromatic carbocycles. The third-order valence-corrected chi connectivity index (χ3v) is 7.50. The highest BCUT2D eigenvalue weighted by Gasteiger charge is 2.40. The van der Waals surface area contributed by atoms with Gasteiger partial charge in [-0.25, -0.2) is 4.98 Å². The fraction of sp³-hybridized carbons (Fsp3) is 0.480. The minimum absolute atomic E-state index is 0.269. The van der Waals surface area contributed by atoms with Gasteiger partial charge in [-0.2, -0.15) is 20.0 Å². The molecule has 4 heterocycles. The van der Waals surface area contributed by atoms with Gasteiger partial charge in [0.05, 0.1) is 34.2 Å².